The summed E-state index contributed by atoms with van der Waals surface area (Å²) < 4.78 is 16.5. The number of nitrogens with zero attached hydrogens (tertiary/aromatic N) is 1. The van der Waals surface area contributed by atoms with Crippen LogP contribution in [0, 0.1) is 6.92 Å². The quantitative estimate of drug-likeness (QED) is 0.721. The molecule has 1 aliphatic rings. The Hall–Kier alpha value is -1.34. The summed E-state index contributed by atoms with van der Waals surface area (Å²) in [5.74, 6) is -0.983. The van der Waals surface area contributed by atoms with Gasteiger partial charge in [0.25, 0.3) is 0 Å². The Morgan fingerprint density at radius 2 is 2.17 bits per heavy atom. The zero-order valence-corrected chi connectivity index (χ0v) is 15.0. The van der Waals surface area contributed by atoms with Crippen LogP contribution in [0.15, 0.2) is 12.1 Å². The Morgan fingerprint density at radius 3 is 2.79 bits per heavy atom. The molecule has 0 unspecified atom stereocenters. The number of aromatic carboxylic acids is 1. The van der Waals surface area contributed by atoms with Crippen molar-refractivity contribution in [1.82, 2.24) is 0 Å². The monoisotopic (exact) mass is 357 g/mol. The largest absolute Gasteiger partial charge is 0.478 e. The van der Waals surface area contributed by atoms with Crippen LogP contribution >= 0.6 is 11.6 Å². The van der Waals surface area contributed by atoms with Gasteiger partial charge in [-0.25, -0.2) is 4.79 Å². The molecule has 0 amide bonds. The molecule has 6 nitrogen and oxygen atoms in total. The first kappa shape index (κ1) is 19.0. The molecule has 0 radical (unpaired) electrons. The zero-order chi connectivity index (χ0) is 17.7. The van der Waals surface area contributed by atoms with E-state index in [-0.39, 0.29) is 17.7 Å². The lowest BCUT2D eigenvalue weighted by Gasteiger charge is -2.34. The Kier molecular flexibility index (Phi) is 6.86. The summed E-state index contributed by atoms with van der Waals surface area (Å²) in [6.07, 6.45) is -0.0910. The standard InChI is InChI=1S/C17H24ClNO5/c1-4-19(15-9-23-10-16(15)24-6-5-22-3)14-8-12(18)7-13(11(14)2)17(20)21/h7-8,15-16H,4-6,9-10H2,1-3H3,(H,20,21)/t15-,16-/m1/s1. The number of carboxylic acids is 1. The zero-order valence-electron chi connectivity index (χ0n) is 14.3. The van der Waals surface area contributed by atoms with Gasteiger partial charge >= 0.3 is 5.97 Å². The molecule has 1 N–H and O–H groups in total. The highest BCUT2D eigenvalue weighted by molar-refractivity contribution is 6.31. The van der Waals surface area contributed by atoms with Gasteiger partial charge in [0.05, 0.1) is 38.0 Å². The Morgan fingerprint density at radius 1 is 1.42 bits per heavy atom. The van der Waals surface area contributed by atoms with Crippen molar-refractivity contribution < 1.29 is 24.1 Å². The van der Waals surface area contributed by atoms with Crippen LogP contribution in [0.3, 0.4) is 0 Å². The maximum atomic E-state index is 11.5. The van der Waals surface area contributed by atoms with Crippen LogP contribution < -0.4 is 4.90 Å². The predicted octanol–water partition coefficient (Wildman–Crippen LogP) is 2.60. The van der Waals surface area contributed by atoms with Crippen LogP contribution in [0.1, 0.15) is 22.8 Å². The average Bonchev–Trinajstić information content (AvgIpc) is 2.99. The highest BCUT2D eigenvalue weighted by Gasteiger charge is 2.34. The molecule has 1 aromatic carbocycles. The molecule has 0 bridgehead atoms. The number of halogens is 1. The van der Waals surface area contributed by atoms with Crippen molar-refractivity contribution in [3.8, 4) is 0 Å². The van der Waals surface area contributed by atoms with E-state index in [4.69, 9.17) is 25.8 Å². The van der Waals surface area contributed by atoms with Gasteiger partial charge in [0.1, 0.15) is 6.10 Å². The van der Waals surface area contributed by atoms with E-state index in [0.717, 1.165) is 5.69 Å². The van der Waals surface area contributed by atoms with Crippen molar-refractivity contribution in [3.05, 3.63) is 28.3 Å². The summed E-state index contributed by atoms with van der Waals surface area (Å²) in [5.41, 5.74) is 1.71. The first-order valence-electron chi connectivity index (χ1n) is 7.98. The summed E-state index contributed by atoms with van der Waals surface area (Å²) in [7, 11) is 1.63. The normalized spacial score (nSPS) is 20.3. The summed E-state index contributed by atoms with van der Waals surface area (Å²) in [6.45, 7) is 6.57. The average molecular weight is 358 g/mol. The molecule has 2 atom stereocenters. The minimum atomic E-state index is -0.983. The minimum absolute atomic E-state index is 0.00525. The molecule has 1 heterocycles. The molecule has 7 heteroatoms. The van der Waals surface area contributed by atoms with Gasteiger partial charge in [-0.1, -0.05) is 11.6 Å². The molecular weight excluding hydrogens is 334 g/mol. The predicted molar refractivity (Wildman–Crippen MR) is 92.4 cm³/mol. The number of methoxy groups -OCH3 is 1. The lowest BCUT2D eigenvalue weighted by Crippen LogP contribution is -2.45. The minimum Gasteiger partial charge on any atom is -0.478 e. The Balaban J connectivity index is 2.29. The fourth-order valence-electron chi connectivity index (χ4n) is 3.02. The maximum Gasteiger partial charge on any atom is 0.336 e. The number of ether oxygens (including phenoxy) is 3. The highest BCUT2D eigenvalue weighted by Crippen LogP contribution is 2.31. The van der Waals surface area contributed by atoms with Gasteiger partial charge in [-0.15, -0.1) is 0 Å². The summed E-state index contributed by atoms with van der Waals surface area (Å²) in [5, 5.41) is 9.79. The van der Waals surface area contributed by atoms with Crippen LogP contribution in [0.25, 0.3) is 0 Å². The fourth-order valence-corrected chi connectivity index (χ4v) is 3.24. The fraction of sp³-hybridized carbons (Fsp3) is 0.588. The van der Waals surface area contributed by atoms with Crippen molar-refractivity contribution in [1.29, 1.82) is 0 Å². The van der Waals surface area contributed by atoms with Crippen molar-refractivity contribution >= 4 is 23.3 Å². The van der Waals surface area contributed by atoms with Crippen molar-refractivity contribution in [2.45, 2.75) is 26.0 Å². The second-order valence-electron chi connectivity index (χ2n) is 5.70. The van der Waals surface area contributed by atoms with Gasteiger partial charge in [-0.2, -0.15) is 0 Å². The molecule has 0 spiro atoms. The first-order chi connectivity index (χ1) is 11.5. The molecular formula is C17H24ClNO5. The third-order valence-corrected chi connectivity index (χ3v) is 4.46. The van der Waals surface area contributed by atoms with Crippen LogP contribution in [-0.2, 0) is 14.2 Å². The molecule has 0 aliphatic carbocycles. The molecule has 1 aliphatic heterocycles. The number of likely N-dealkylation sites (N-methyl/N-ethyl adjacent to an activating group) is 1. The van der Waals surface area contributed by atoms with Crippen LogP contribution in [0.2, 0.25) is 5.02 Å². The molecule has 0 aromatic heterocycles. The van der Waals surface area contributed by atoms with Gasteiger partial charge in [-0.3, -0.25) is 0 Å². The molecule has 1 aromatic rings. The number of carbonyl (C=O) groups is 1. The van der Waals surface area contributed by atoms with E-state index in [0.29, 0.717) is 43.6 Å². The molecule has 0 saturated carbocycles. The van der Waals surface area contributed by atoms with E-state index in [1.165, 1.54) is 6.07 Å². The molecule has 1 fully saturated rings. The van der Waals surface area contributed by atoms with E-state index in [9.17, 15) is 9.90 Å². The third-order valence-electron chi connectivity index (χ3n) is 4.25. The number of hydrogen-bond acceptors (Lipinski definition) is 5. The SMILES string of the molecule is CCN(c1cc(Cl)cc(C(=O)O)c1C)[C@@H]1COC[C@H]1OCCOC. The van der Waals surface area contributed by atoms with Crippen LogP contribution in [0.5, 0.6) is 0 Å². The second kappa shape index (κ2) is 8.67. The van der Waals surface area contributed by atoms with Crippen LogP contribution in [-0.4, -0.2) is 63.3 Å². The third kappa shape index (κ3) is 4.19. The van der Waals surface area contributed by atoms with Gasteiger partial charge < -0.3 is 24.2 Å². The Labute approximate surface area is 147 Å². The number of rotatable bonds is 8. The van der Waals surface area contributed by atoms with Gasteiger partial charge in [0.15, 0.2) is 0 Å². The molecule has 24 heavy (non-hydrogen) atoms. The summed E-state index contributed by atoms with van der Waals surface area (Å²) in [6, 6.07) is 3.29. The van der Waals surface area contributed by atoms with Gasteiger partial charge in [-0.05, 0) is 31.5 Å². The molecule has 1 saturated heterocycles. The van der Waals surface area contributed by atoms with Gasteiger partial charge in [0.2, 0.25) is 0 Å². The number of benzene rings is 1. The number of anilines is 1. The second-order valence-corrected chi connectivity index (χ2v) is 6.13. The summed E-state index contributed by atoms with van der Waals surface area (Å²) >= 11 is 6.14. The maximum absolute atomic E-state index is 11.5. The summed E-state index contributed by atoms with van der Waals surface area (Å²) in [4.78, 5) is 13.6. The van der Waals surface area contributed by atoms with E-state index < -0.39 is 5.97 Å². The Bertz CT molecular complexity index is 580. The molecule has 134 valence electrons. The van der Waals surface area contributed by atoms with Gasteiger partial charge in [0, 0.05) is 24.4 Å². The lowest BCUT2D eigenvalue weighted by atomic mass is 10.0. The van der Waals surface area contributed by atoms with E-state index in [1.54, 1.807) is 20.1 Å². The smallest absolute Gasteiger partial charge is 0.336 e. The van der Waals surface area contributed by atoms with Crippen LogP contribution in [0.4, 0.5) is 5.69 Å². The molecule has 2 rings (SSSR count). The van der Waals surface area contributed by atoms with Crippen molar-refractivity contribution in [2.75, 3.05) is 45.0 Å². The lowest BCUT2D eigenvalue weighted by molar-refractivity contribution is 0.00728. The number of hydrogen-bond donors (Lipinski definition) is 1. The topological polar surface area (TPSA) is 68.2 Å². The van der Waals surface area contributed by atoms with Crippen molar-refractivity contribution in [3.63, 3.8) is 0 Å². The van der Waals surface area contributed by atoms with E-state index >= 15 is 0 Å². The highest BCUT2D eigenvalue weighted by atomic mass is 35.5. The van der Waals surface area contributed by atoms with E-state index in [2.05, 4.69) is 4.90 Å². The number of carboxylic acid groups (broad SMARTS) is 1. The van der Waals surface area contributed by atoms with Crippen molar-refractivity contribution in [2.24, 2.45) is 0 Å². The van der Waals surface area contributed by atoms with E-state index in [1.807, 2.05) is 6.92 Å². The first-order valence-corrected chi connectivity index (χ1v) is 8.35.